The van der Waals surface area contributed by atoms with Crippen molar-refractivity contribution in [1.82, 2.24) is 4.31 Å². The van der Waals surface area contributed by atoms with Gasteiger partial charge in [0.05, 0.1) is 10.5 Å². The largest absolute Gasteiger partial charge is 0.423 e. The Morgan fingerprint density at radius 2 is 1.87 bits per heavy atom. The maximum atomic E-state index is 12.8. The van der Waals surface area contributed by atoms with Crippen LogP contribution in [0.4, 0.5) is 0 Å². The monoisotopic (exact) mass is 443 g/mol. The number of rotatable bonds is 6. The molecule has 31 heavy (non-hydrogen) atoms. The van der Waals surface area contributed by atoms with Crippen molar-refractivity contribution in [3.63, 3.8) is 0 Å². The van der Waals surface area contributed by atoms with E-state index in [-0.39, 0.29) is 22.3 Å². The highest BCUT2D eigenvalue weighted by molar-refractivity contribution is 7.89. The van der Waals surface area contributed by atoms with E-state index in [0.717, 1.165) is 16.5 Å². The van der Waals surface area contributed by atoms with Crippen molar-refractivity contribution >= 4 is 27.0 Å². The zero-order chi connectivity index (χ0) is 22.9. The fourth-order valence-corrected chi connectivity index (χ4v) is 4.56. The van der Waals surface area contributed by atoms with Gasteiger partial charge in [0.15, 0.2) is 0 Å². The molecule has 0 spiro atoms. The van der Waals surface area contributed by atoms with E-state index in [0.29, 0.717) is 12.0 Å². The molecule has 0 atom stereocenters. The first-order valence-electron chi connectivity index (χ1n) is 9.92. The summed E-state index contributed by atoms with van der Waals surface area (Å²) in [6, 6.07) is 10.3. The van der Waals surface area contributed by atoms with Gasteiger partial charge in [-0.05, 0) is 62.6 Å². The summed E-state index contributed by atoms with van der Waals surface area (Å²) in [6.45, 7) is 7.26. The summed E-state index contributed by atoms with van der Waals surface area (Å²) < 4.78 is 37.6. The third kappa shape index (κ3) is 4.55. The summed E-state index contributed by atoms with van der Waals surface area (Å²) in [5.74, 6) is -0.436. The second kappa shape index (κ2) is 8.64. The van der Waals surface area contributed by atoms with E-state index in [1.165, 1.54) is 47.8 Å². The highest BCUT2D eigenvalue weighted by Crippen LogP contribution is 2.29. The lowest BCUT2D eigenvalue weighted by Gasteiger charge is -2.21. The molecule has 1 aromatic heterocycles. The summed E-state index contributed by atoms with van der Waals surface area (Å²) in [5.41, 5.74) is 1.47. The minimum atomic E-state index is -3.74. The van der Waals surface area contributed by atoms with Crippen molar-refractivity contribution in [3.8, 4) is 5.75 Å². The number of carbonyl (C=O) groups is 1. The van der Waals surface area contributed by atoms with Gasteiger partial charge >= 0.3 is 11.6 Å². The van der Waals surface area contributed by atoms with Crippen molar-refractivity contribution in [2.24, 2.45) is 0 Å². The smallest absolute Gasteiger partial charge is 0.343 e. The Morgan fingerprint density at radius 1 is 1.16 bits per heavy atom. The molecule has 0 aliphatic heterocycles. The molecule has 164 valence electrons. The number of nitrogens with zero attached hydrogens (tertiary/aromatic N) is 1. The minimum Gasteiger partial charge on any atom is -0.423 e. The molecule has 0 amide bonds. The average molecular weight is 444 g/mol. The van der Waals surface area contributed by atoms with Gasteiger partial charge in [-0.25, -0.2) is 18.0 Å². The molecule has 0 fully saturated rings. The lowest BCUT2D eigenvalue weighted by molar-refractivity contribution is 0.0733. The fourth-order valence-electron chi connectivity index (χ4n) is 3.15. The molecular weight excluding hydrogens is 418 g/mol. The van der Waals surface area contributed by atoms with Crippen LogP contribution in [0.3, 0.4) is 0 Å². The van der Waals surface area contributed by atoms with Crippen molar-refractivity contribution in [2.45, 2.75) is 45.1 Å². The Labute approximate surface area is 181 Å². The number of esters is 1. The van der Waals surface area contributed by atoms with E-state index in [9.17, 15) is 18.0 Å². The molecular formula is C23H25NO6S. The highest BCUT2D eigenvalue weighted by Gasteiger charge is 2.24. The van der Waals surface area contributed by atoms with Gasteiger partial charge in [-0.1, -0.05) is 13.0 Å². The quantitative estimate of drug-likeness (QED) is 0.326. The summed E-state index contributed by atoms with van der Waals surface area (Å²) in [6.07, 6.45) is 0.588. The minimum absolute atomic E-state index is 0.00833. The van der Waals surface area contributed by atoms with E-state index < -0.39 is 21.6 Å². The van der Waals surface area contributed by atoms with Crippen LogP contribution < -0.4 is 10.4 Å². The molecule has 0 unspecified atom stereocenters. The molecule has 0 saturated carbocycles. The van der Waals surface area contributed by atoms with Gasteiger partial charge in [0.25, 0.3) is 0 Å². The van der Waals surface area contributed by atoms with Crippen molar-refractivity contribution in [1.29, 1.82) is 0 Å². The van der Waals surface area contributed by atoms with Crippen molar-refractivity contribution in [2.75, 3.05) is 7.05 Å². The molecule has 7 nitrogen and oxygen atoms in total. The van der Waals surface area contributed by atoms with Crippen LogP contribution in [0.1, 0.15) is 42.3 Å². The molecule has 0 aliphatic carbocycles. The SMILES string of the molecule is CCc1cc2c(C)cc(=O)oc2cc1OC(=O)c1cccc(S(=O)(=O)N(C)C(C)C)c1. The number of hydrogen-bond acceptors (Lipinski definition) is 6. The van der Waals surface area contributed by atoms with Crippen LogP contribution in [0.25, 0.3) is 11.0 Å². The molecule has 1 heterocycles. The normalized spacial score (nSPS) is 12.0. The Balaban J connectivity index is 1.99. The second-order valence-corrected chi connectivity index (χ2v) is 9.59. The van der Waals surface area contributed by atoms with Gasteiger partial charge in [0, 0.05) is 30.6 Å². The van der Waals surface area contributed by atoms with Crippen LogP contribution in [-0.2, 0) is 16.4 Å². The van der Waals surface area contributed by atoms with Crippen LogP contribution >= 0.6 is 0 Å². The lowest BCUT2D eigenvalue weighted by Crippen LogP contribution is -2.33. The lowest BCUT2D eigenvalue weighted by atomic mass is 10.1. The van der Waals surface area contributed by atoms with E-state index in [1.807, 2.05) is 19.9 Å². The Hall–Kier alpha value is -2.97. The molecule has 0 saturated heterocycles. The standard InChI is InChI=1S/C23H25NO6S/c1-6-16-12-19-15(4)10-22(25)29-21(19)13-20(16)30-23(26)17-8-7-9-18(11-17)31(27,28)24(5)14(2)3/h7-14H,6H2,1-5H3. The number of sulfonamides is 1. The Kier molecular flexibility index (Phi) is 6.33. The van der Waals surface area contributed by atoms with E-state index in [4.69, 9.17) is 9.15 Å². The summed E-state index contributed by atoms with van der Waals surface area (Å²) in [4.78, 5) is 24.5. The maximum absolute atomic E-state index is 12.8. The number of benzene rings is 2. The fraction of sp³-hybridized carbons (Fsp3) is 0.304. The van der Waals surface area contributed by atoms with E-state index in [1.54, 1.807) is 13.8 Å². The molecule has 8 heteroatoms. The molecule has 0 radical (unpaired) electrons. The molecule has 0 N–H and O–H groups in total. The third-order valence-corrected chi connectivity index (χ3v) is 7.22. The number of carbonyl (C=O) groups excluding carboxylic acids is 1. The molecule has 2 aromatic carbocycles. The predicted octanol–water partition coefficient (Wildman–Crippen LogP) is 3.91. The molecule has 3 aromatic rings. The summed E-state index contributed by atoms with van der Waals surface area (Å²) in [7, 11) is -2.25. The first kappa shape index (κ1) is 22.7. The topological polar surface area (TPSA) is 93.9 Å². The van der Waals surface area contributed by atoms with Gasteiger partial charge < -0.3 is 9.15 Å². The number of fused-ring (bicyclic) bond motifs is 1. The summed E-state index contributed by atoms with van der Waals surface area (Å²) >= 11 is 0. The zero-order valence-corrected chi connectivity index (χ0v) is 18.9. The maximum Gasteiger partial charge on any atom is 0.343 e. The van der Waals surface area contributed by atoms with Gasteiger partial charge in [0.2, 0.25) is 10.0 Å². The van der Waals surface area contributed by atoms with Crippen LogP contribution in [0.15, 0.2) is 56.6 Å². The summed E-state index contributed by atoms with van der Waals surface area (Å²) in [5, 5.41) is 0.765. The van der Waals surface area contributed by atoms with Crippen molar-refractivity contribution in [3.05, 3.63) is 69.6 Å². The zero-order valence-electron chi connectivity index (χ0n) is 18.1. The van der Waals surface area contributed by atoms with Gasteiger partial charge in [-0.3, -0.25) is 0 Å². The van der Waals surface area contributed by atoms with Crippen LogP contribution in [-0.4, -0.2) is 31.8 Å². The van der Waals surface area contributed by atoms with Crippen molar-refractivity contribution < 1.29 is 22.4 Å². The van der Waals surface area contributed by atoms with Crippen LogP contribution in [0, 0.1) is 6.92 Å². The Morgan fingerprint density at radius 3 is 2.52 bits per heavy atom. The molecule has 0 aliphatic rings. The second-order valence-electron chi connectivity index (χ2n) is 7.59. The Bertz CT molecular complexity index is 1310. The van der Waals surface area contributed by atoms with Crippen LogP contribution in [0.2, 0.25) is 0 Å². The predicted molar refractivity (Wildman–Crippen MR) is 118 cm³/mol. The molecule has 3 rings (SSSR count). The van der Waals surface area contributed by atoms with E-state index >= 15 is 0 Å². The molecule has 0 bridgehead atoms. The first-order valence-corrected chi connectivity index (χ1v) is 11.4. The van der Waals surface area contributed by atoms with Gasteiger partial charge in [-0.2, -0.15) is 4.31 Å². The van der Waals surface area contributed by atoms with Crippen LogP contribution in [0.5, 0.6) is 5.75 Å². The first-order chi connectivity index (χ1) is 14.5. The number of hydrogen-bond donors (Lipinski definition) is 0. The third-order valence-electron chi connectivity index (χ3n) is 5.19. The van der Waals surface area contributed by atoms with Gasteiger partial charge in [0.1, 0.15) is 11.3 Å². The number of aryl methyl sites for hydroxylation is 2. The number of ether oxygens (including phenoxy) is 1. The highest BCUT2D eigenvalue weighted by atomic mass is 32.2. The van der Waals surface area contributed by atoms with E-state index in [2.05, 4.69) is 0 Å². The average Bonchev–Trinajstić information content (AvgIpc) is 2.72. The van der Waals surface area contributed by atoms with Gasteiger partial charge in [-0.15, -0.1) is 0 Å².